The number of aromatic amines is 1. The van der Waals surface area contributed by atoms with Crippen molar-refractivity contribution in [2.75, 3.05) is 19.7 Å². The summed E-state index contributed by atoms with van der Waals surface area (Å²) < 4.78 is 20.5. The van der Waals surface area contributed by atoms with Crippen LogP contribution < -0.4 is 10.3 Å². The Balaban J connectivity index is 1.42. The minimum Gasteiger partial charge on any atom is -0.493 e. The van der Waals surface area contributed by atoms with Crippen molar-refractivity contribution in [3.05, 3.63) is 34.1 Å². The molecule has 7 heteroatoms. The molecule has 0 radical (unpaired) electrons. The summed E-state index contributed by atoms with van der Waals surface area (Å²) in [4.78, 5) is 33.1. The lowest BCUT2D eigenvalue weighted by Gasteiger charge is -2.31. The quantitative estimate of drug-likeness (QED) is 0.746. The lowest BCUT2D eigenvalue weighted by molar-refractivity contribution is -0.130. The predicted molar refractivity (Wildman–Crippen MR) is 118 cm³/mol. The van der Waals surface area contributed by atoms with E-state index in [1.807, 2.05) is 4.90 Å². The number of rotatable bonds is 6. The van der Waals surface area contributed by atoms with Crippen LogP contribution in [-0.4, -0.2) is 40.5 Å². The molecule has 1 aliphatic carbocycles. The van der Waals surface area contributed by atoms with Crippen LogP contribution in [0.1, 0.15) is 64.1 Å². The topological polar surface area (TPSA) is 75.3 Å². The Morgan fingerprint density at radius 3 is 2.61 bits per heavy atom. The molecule has 0 spiro atoms. The number of nitrogens with zero attached hydrogens (tertiary/aromatic N) is 2. The van der Waals surface area contributed by atoms with Gasteiger partial charge in [0, 0.05) is 38.6 Å². The second-order valence-corrected chi connectivity index (χ2v) is 9.12. The molecule has 1 aromatic carbocycles. The monoisotopic (exact) mass is 429 g/mol. The van der Waals surface area contributed by atoms with E-state index in [0.29, 0.717) is 42.0 Å². The van der Waals surface area contributed by atoms with Crippen LogP contribution in [-0.2, 0) is 11.2 Å². The lowest BCUT2D eigenvalue weighted by Crippen LogP contribution is -2.38. The molecule has 1 aliphatic heterocycles. The summed E-state index contributed by atoms with van der Waals surface area (Å²) in [5.74, 6) is 1.53. The number of benzene rings is 1. The van der Waals surface area contributed by atoms with Crippen molar-refractivity contribution in [3.8, 4) is 5.75 Å². The van der Waals surface area contributed by atoms with Gasteiger partial charge in [0.1, 0.15) is 22.8 Å². The summed E-state index contributed by atoms with van der Waals surface area (Å²) in [5.41, 5.74) is -0.0758. The molecule has 1 saturated heterocycles. The van der Waals surface area contributed by atoms with Crippen LogP contribution in [0.4, 0.5) is 4.39 Å². The van der Waals surface area contributed by atoms with E-state index in [9.17, 15) is 14.0 Å². The van der Waals surface area contributed by atoms with Gasteiger partial charge in [-0.1, -0.05) is 32.1 Å². The summed E-state index contributed by atoms with van der Waals surface area (Å²) in [6, 6.07) is 2.94. The molecule has 0 unspecified atom stereocenters. The van der Waals surface area contributed by atoms with Gasteiger partial charge in [-0.25, -0.2) is 9.37 Å². The van der Waals surface area contributed by atoms with Crippen LogP contribution in [0.3, 0.4) is 0 Å². The molecule has 0 atom stereocenters. The zero-order chi connectivity index (χ0) is 21.8. The van der Waals surface area contributed by atoms with Gasteiger partial charge in [-0.15, -0.1) is 0 Å². The summed E-state index contributed by atoms with van der Waals surface area (Å²) in [7, 11) is 0. The highest BCUT2D eigenvalue weighted by molar-refractivity contribution is 5.79. The predicted octanol–water partition coefficient (Wildman–Crippen LogP) is 4.21. The highest BCUT2D eigenvalue weighted by Crippen LogP contribution is 2.28. The Bertz CT molecular complexity index is 976. The average Bonchev–Trinajstić information content (AvgIpc) is 2.77. The number of likely N-dealkylation sites (tertiary alicyclic amines) is 1. The highest BCUT2D eigenvalue weighted by atomic mass is 19.1. The third-order valence-corrected chi connectivity index (χ3v) is 6.84. The molecule has 2 aromatic rings. The molecule has 1 aromatic heterocycles. The Morgan fingerprint density at radius 2 is 1.90 bits per heavy atom. The van der Waals surface area contributed by atoms with Gasteiger partial charge in [-0.05, 0) is 31.1 Å². The minimum absolute atomic E-state index is 0.0106. The molecule has 6 nitrogen and oxygen atoms in total. The minimum atomic E-state index is -0.605. The van der Waals surface area contributed by atoms with Crippen LogP contribution in [0.15, 0.2) is 16.9 Å². The number of carbonyl (C=O) groups is 1. The van der Waals surface area contributed by atoms with Crippen molar-refractivity contribution in [2.45, 2.75) is 64.7 Å². The van der Waals surface area contributed by atoms with Gasteiger partial charge in [0.15, 0.2) is 0 Å². The summed E-state index contributed by atoms with van der Waals surface area (Å²) in [5, 5.41) is -0.0106. The number of halogens is 1. The number of nitrogens with one attached hydrogen (secondary N) is 1. The summed E-state index contributed by atoms with van der Waals surface area (Å²) in [6.45, 7) is 3.52. The fourth-order valence-corrected chi connectivity index (χ4v) is 4.89. The number of hydrogen-bond acceptors (Lipinski definition) is 4. The number of carbonyl (C=O) groups excluding carboxylic acids is 1. The first-order chi connectivity index (χ1) is 15.0. The molecular weight excluding hydrogens is 397 g/mol. The van der Waals surface area contributed by atoms with Gasteiger partial charge in [-0.3, -0.25) is 9.59 Å². The number of hydrogen-bond donors (Lipinski definition) is 1. The van der Waals surface area contributed by atoms with E-state index < -0.39 is 11.4 Å². The Kier molecular flexibility index (Phi) is 6.88. The van der Waals surface area contributed by atoms with Gasteiger partial charge < -0.3 is 14.6 Å². The van der Waals surface area contributed by atoms with Crippen molar-refractivity contribution >= 4 is 16.8 Å². The van der Waals surface area contributed by atoms with Gasteiger partial charge >= 0.3 is 0 Å². The smallest absolute Gasteiger partial charge is 0.261 e. The third-order valence-electron chi connectivity index (χ3n) is 6.84. The number of aryl methyl sites for hydroxylation is 1. The zero-order valence-corrected chi connectivity index (χ0v) is 18.3. The molecule has 168 valence electrons. The second-order valence-electron chi connectivity index (χ2n) is 9.12. The number of ether oxygens (including phenoxy) is 1. The van der Waals surface area contributed by atoms with E-state index in [2.05, 4.69) is 9.97 Å². The van der Waals surface area contributed by atoms with E-state index in [4.69, 9.17) is 4.74 Å². The van der Waals surface area contributed by atoms with Gasteiger partial charge in [0.25, 0.3) is 5.56 Å². The maximum atomic E-state index is 14.6. The Morgan fingerprint density at radius 1 is 1.16 bits per heavy atom. The van der Waals surface area contributed by atoms with Crippen LogP contribution in [0.2, 0.25) is 0 Å². The van der Waals surface area contributed by atoms with E-state index in [1.165, 1.54) is 38.2 Å². The van der Waals surface area contributed by atoms with Crippen LogP contribution >= 0.6 is 0 Å². The first-order valence-electron chi connectivity index (χ1n) is 11.6. The maximum absolute atomic E-state index is 14.6. The van der Waals surface area contributed by atoms with E-state index in [1.54, 1.807) is 13.0 Å². The molecule has 0 bridgehead atoms. The van der Waals surface area contributed by atoms with Crippen molar-refractivity contribution < 1.29 is 13.9 Å². The number of fused-ring (bicyclic) bond motifs is 1. The largest absolute Gasteiger partial charge is 0.493 e. The third kappa shape index (κ3) is 5.43. The standard InChI is InChI=1S/C24H32FN3O3/c1-16(29)28-11-9-18(10-12-28)15-31-19-13-20(25)23-21(14-19)26-22(27-24(23)30)8-7-17-5-3-2-4-6-17/h13-14,17-18H,2-12,15H2,1H3,(H,26,27,30). The fraction of sp³-hybridized carbons (Fsp3) is 0.625. The Hall–Kier alpha value is -2.44. The number of piperidine rings is 1. The average molecular weight is 430 g/mol. The van der Waals surface area contributed by atoms with E-state index >= 15 is 0 Å². The number of aromatic nitrogens is 2. The number of amides is 1. The lowest BCUT2D eigenvalue weighted by atomic mass is 9.86. The van der Waals surface area contributed by atoms with E-state index in [0.717, 1.165) is 32.4 Å². The SMILES string of the molecule is CC(=O)N1CCC(COc2cc(F)c3c(=O)[nH]c(CCC4CCCCC4)nc3c2)CC1. The first-order valence-corrected chi connectivity index (χ1v) is 11.6. The second kappa shape index (κ2) is 9.79. The van der Waals surface area contributed by atoms with Crippen LogP contribution in [0.5, 0.6) is 5.75 Å². The maximum Gasteiger partial charge on any atom is 0.261 e. The molecule has 1 saturated carbocycles. The van der Waals surface area contributed by atoms with Gasteiger partial charge in [-0.2, -0.15) is 0 Å². The molecule has 4 rings (SSSR count). The molecule has 1 N–H and O–H groups in total. The van der Waals surface area contributed by atoms with Gasteiger partial charge in [0.2, 0.25) is 5.91 Å². The Labute approximate surface area is 182 Å². The number of H-pyrrole nitrogens is 1. The summed E-state index contributed by atoms with van der Waals surface area (Å²) in [6.07, 6.45) is 9.84. The van der Waals surface area contributed by atoms with Crippen molar-refractivity contribution in [2.24, 2.45) is 11.8 Å². The molecule has 2 aliphatic rings. The highest BCUT2D eigenvalue weighted by Gasteiger charge is 2.21. The molecule has 2 heterocycles. The van der Waals surface area contributed by atoms with Crippen molar-refractivity contribution in [1.29, 1.82) is 0 Å². The van der Waals surface area contributed by atoms with Gasteiger partial charge in [0.05, 0.1) is 12.1 Å². The zero-order valence-electron chi connectivity index (χ0n) is 18.3. The van der Waals surface area contributed by atoms with E-state index in [-0.39, 0.29) is 11.3 Å². The normalized spacial score (nSPS) is 18.5. The molecule has 31 heavy (non-hydrogen) atoms. The van der Waals surface area contributed by atoms with Crippen LogP contribution in [0.25, 0.3) is 10.9 Å². The first kappa shape index (κ1) is 21.8. The summed E-state index contributed by atoms with van der Waals surface area (Å²) >= 11 is 0. The molecule has 1 amide bonds. The van der Waals surface area contributed by atoms with Crippen molar-refractivity contribution in [1.82, 2.24) is 14.9 Å². The fourth-order valence-electron chi connectivity index (χ4n) is 4.89. The van der Waals surface area contributed by atoms with Crippen molar-refractivity contribution in [3.63, 3.8) is 0 Å². The van der Waals surface area contributed by atoms with Crippen LogP contribution in [0, 0.1) is 17.7 Å². The molecular formula is C24H32FN3O3. The molecule has 2 fully saturated rings.